The summed E-state index contributed by atoms with van der Waals surface area (Å²) in [5.41, 5.74) is 2.00. The molecular weight excluding hydrogens is 344 g/mol. The predicted molar refractivity (Wildman–Crippen MR) is 106 cm³/mol. The molecule has 0 radical (unpaired) electrons. The smallest absolute Gasteiger partial charge is 0.276 e. The van der Waals surface area contributed by atoms with Crippen molar-refractivity contribution in [1.82, 2.24) is 19.6 Å². The Morgan fingerprint density at radius 3 is 2.58 bits per heavy atom. The first-order chi connectivity index (χ1) is 12.1. The standard InChI is InChI=1S/C19H26N4O2Si/c1-19(2,3)26(5,6)25-13-15-12-23(21-20-15)17-11-14-9-7-8-10-16(14)22(4)18(17)24/h7-12H,13H2,1-6H3. The van der Waals surface area contributed by atoms with E-state index in [1.807, 2.05) is 30.3 Å². The molecule has 0 aliphatic carbocycles. The molecule has 6 nitrogen and oxygen atoms in total. The number of aromatic nitrogens is 4. The maximum Gasteiger partial charge on any atom is 0.276 e. The van der Waals surface area contributed by atoms with Crippen molar-refractivity contribution in [2.75, 3.05) is 0 Å². The van der Waals surface area contributed by atoms with E-state index in [1.165, 1.54) is 0 Å². The van der Waals surface area contributed by atoms with E-state index < -0.39 is 8.32 Å². The van der Waals surface area contributed by atoms with Crippen LogP contribution in [0.4, 0.5) is 0 Å². The Labute approximate surface area is 154 Å². The molecule has 2 heterocycles. The molecule has 0 saturated heterocycles. The van der Waals surface area contributed by atoms with Gasteiger partial charge in [0.1, 0.15) is 11.4 Å². The largest absolute Gasteiger partial charge is 0.411 e. The van der Waals surface area contributed by atoms with E-state index in [4.69, 9.17) is 4.43 Å². The maximum atomic E-state index is 12.7. The van der Waals surface area contributed by atoms with Gasteiger partial charge in [0.05, 0.1) is 18.3 Å². The average Bonchev–Trinajstić information content (AvgIpc) is 3.04. The van der Waals surface area contributed by atoms with E-state index in [9.17, 15) is 4.79 Å². The lowest BCUT2D eigenvalue weighted by atomic mass is 10.2. The summed E-state index contributed by atoms with van der Waals surface area (Å²) in [7, 11) is -0.0863. The fourth-order valence-corrected chi connectivity index (χ4v) is 3.46. The minimum Gasteiger partial charge on any atom is -0.411 e. The van der Waals surface area contributed by atoms with Crippen LogP contribution in [0.3, 0.4) is 0 Å². The van der Waals surface area contributed by atoms with Gasteiger partial charge in [0.15, 0.2) is 8.32 Å². The summed E-state index contributed by atoms with van der Waals surface area (Å²) in [6, 6.07) is 9.64. The number of hydrogen-bond donors (Lipinski definition) is 0. The molecular formula is C19H26N4O2Si. The Morgan fingerprint density at radius 2 is 1.88 bits per heavy atom. The van der Waals surface area contributed by atoms with E-state index in [0.717, 1.165) is 16.6 Å². The number of nitrogens with zero attached hydrogens (tertiary/aromatic N) is 4. The predicted octanol–water partition coefficient (Wildman–Crippen LogP) is 3.64. The van der Waals surface area contributed by atoms with Crippen molar-refractivity contribution in [3.63, 3.8) is 0 Å². The molecule has 0 N–H and O–H groups in total. The van der Waals surface area contributed by atoms with Crippen LogP contribution >= 0.6 is 0 Å². The Bertz CT molecular complexity index is 999. The van der Waals surface area contributed by atoms with Gasteiger partial charge in [-0.1, -0.05) is 44.2 Å². The zero-order chi connectivity index (χ0) is 19.1. The zero-order valence-corrected chi connectivity index (χ0v) is 17.3. The Morgan fingerprint density at radius 1 is 1.19 bits per heavy atom. The van der Waals surface area contributed by atoms with E-state index in [1.54, 1.807) is 22.5 Å². The molecule has 0 amide bonds. The molecule has 0 spiro atoms. The molecule has 0 fully saturated rings. The van der Waals surface area contributed by atoms with Crippen molar-refractivity contribution in [2.45, 2.75) is 45.5 Å². The third kappa shape index (κ3) is 3.36. The van der Waals surface area contributed by atoms with Crippen molar-refractivity contribution in [3.05, 3.63) is 52.6 Å². The highest BCUT2D eigenvalue weighted by Gasteiger charge is 2.37. The van der Waals surface area contributed by atoms with Gasteiger partial charge in [0.2, 0.25) is 0 Å². The summed E-state index contributed by atoms with van der Waals surface area (Å²) in [5.74, 6) is 0. The number of fused-ring (bicyclic) bond motifs is 1. The molecule has 0 saturated carbocycles. The summed E-state index contributed by atoms with van der Waals surface area (Å²) in [6.07, 6.45) is 1.78. The van der Waals surface area contributed by atoms with Crippen LogP contribution in [-0.2, 0) is 18.1 Å². The minimum absolute atomic E-state index is 0.106. The van der Waals surface area contributed by atoms with Gasteiger partial charge in [-0.3, -0.25) is 4.79 Å². The summed E-state index contributed by atoms with van der Waals surface area (Å²) in [5, 5.41) is 9.46. The van der Waals surface area contributed by atoms with Crippen LogP contribution in [0.2, 0.25) is 18.1 Å². The average molecular weight is 371 g/mol. The monoisotopic (exact) mass is 370 g/mol. The van der Waals surface area contributed by atoms with Crippen molar-refractivity contribution >= 4 is 19.2 Å². The quantitative estimate of drug-likeness (QED) is 0.658. The molecule has 0 atom stereocenters. The van der Waals surface area contributed by atoms with Gasteiger partial charge in [-0.15, -0.1) is 5.10 Å². The molecule has 26 heavy (non-hydrogen) atoms. The third-order valence-electron chi connectivity index (χ3n) is 5.29. The number of para-hydroxylation sites is 1. The molecule has 0 aliphatic heterocycles. The second-order valence-electron chi connectivity index (χ2n) is 8.16. The summed E-state index contributed by atoms with van der Waals surface area (Å²) >= 11 is 0. The highest BCUT2D eigenvalue weighted by Crippen LogP contribution is 2.36. The first-order valence-electron chi connectivity index (χ1n) is 8.74. The lowest BCUT2D eigenvalue weighted by Gasteiger charge is -2.35. The number of pyridine rings is 1. The van der Waals surface area contributed by atoms with E-state index in [2.05, 4.69) is 44.2 Å². The van der Waals surface area contributed by atoms with Crippen LogP contribution in [0, 0.1) is 0 Å². The normalized spacial score (nSPS) is 12.7. The van der Waals surface area contributed by atoms with Crippen LogP contribution in [0.1, 0.15) is 26.5 Å². The second-order valence-corrected chi connectivity index (χ2v) is 13.0. The fourth-order valence-electron chi connectivity index (χ4n) is 2.52. The van der Waals surface area contributed by atoms with Crippen molar-refractivity contribution in [2.24, 2.45) is 7.05 Å². The topological polar surface area (TPSA) is 61.9 Å². The van der Waals surface area contributed by atoms with Gasteiger partial charge in [-0.2, -0.15) is 0 Å². The lowest BCUT2D eigenvalue weighted by Crippen LogP contribution is -2.40. The van der Waals surface area contributed by atoms with E-state index >= 15 is 0 Å². The van der Waals surface area contributed by atoms with Crippen LogP contribution in [0.25, 0.3) is 16.6 Å². The van der Waals surface area contributed by atoms with Gasteiger partial charge in [0.25, 0.3) is 5.56 Å². The molecule has 3 rings (SSSR count). The number of hydrogen-bond acceptors (Lipinski definition) is 4. The van der Waals surface area contributed by atoms with Gasteiger partial charge in [0, 0.05) is 12.4 Å². The number of rotatable bonds is 4. The molecule has 1 aromatic carbocycles. The minimum atomic E-state index is -1.86. The van der Waals surface area contributed by atoms with Crippen molar-refractivity contribution < 1.29 is 4.43 Å². The molecule has 0 unspecified atom stereocenters. The summed E-state index contributed by atoms with van der Waals surface area (Å²) in [4.78, 5) is 12.7. The maximum absolute atomic E-state index is 12.7. The van der Waals surface area contributed by atoms with Crippen molar-refractivity contribution in [3.8, 4) is 5.69 Å². The van der Waals surface area contributed by atoms with Crippen LogP contribution < -0.4 is 5.56 Å². The fraction of sp³-hybridized carbons (Fsp3) is 0.421. The lowest BCUT2D eigenvalue weighted by molar-refractivity contribution is 0.272. The van der Waals surface area contributed by atoms with Crippen LogP contribution in [-0.4, -0.2) is 27.9 Å². The molecule has 0 aliphatic rings. The number of aryl methyl sites for hydroxylation is 1. The van der Waals surface area contributed by atoms with Crippen molar-refractivity contribution in [1.29, 1.82) is 0 Å². The Balaban J connectivity index is 1.90. The first-order valence-corrected chi connectivity index (χ1v) is 11.7. The van der Waals surface area contributed by atoms with Crippen LogP contribution in [0.5, 0.6) is 0 Å². The zero-order valence-electron chi connectivity index (χ0n) is 16.3. The van der Waals surface area contributed by atoms with E-state index in [0.29, 0.717) is 12.3 Å². The van der Waals surface area contributed by atoms with E-state index in [-0.39, 0.29) is 10.6 Å². The van der Waals surface area contributed by atoms with Crippen LogP contribution in [0.15, 0.2) is 41.3 Å². The number of benzene rings is 1. The molecule has 7 heteroatoms. The third-order valence-corrected chi connectivity index (χ3v) is 9.77. The molecule has 3 aromatic rings. The first kappa shape index (κ1) is 18.5. The highest BCUT2D eigenvalue weighted by molar-refractivity contribution is 6.74. The molecule has 138 valence electrons. The Hall–Kier alpha value is -2.25. The van der Waals surface area contributed by atoms with Gasteiger partial charge in [-0.05, 0) is 30.3 Å². The van der Waals surface area contributed by atoms with Gasteiger partial charge >= 0.3 is 0 Å². The van der Waals surface area contributed by atoms with Gasteiger partial charge < -0.3 is 8.99 Å². The van der Waals surface area contributed by atoms with Gasteiger partial charge in [-0.25, -0.2) is 4.68 Å². The second kappa shape index (κ2) is 6.48. The summed E-state index contributed by atoms with van der Waals surface area (Å²) in [6.45, 7) is 11.4. The summed E-state index contributed by atoms with van der Waals surface area (Å²) < 4.78 is 9.37. The SMILES string of the molecule is Cn1c(=O)c(-n2cc(CO[Si](C)(C)C(C)(C)C)nn2)cc2ccccc21. The highest BCUT2D eigenvalue weighted by atomic mass is 28.4. The molecule has 0 bridgehead atoms. The Kier molecular flexibility index (Phi) is 4.62. The molecule has 2 aromatic heterocycles.